The zero-order valence-electron chi connectivity index (χ0n) is 21.4. The van der Waals surface area contributed by atoms with Gasteiger partial charge in [-0.05, 0) is 47.2 Å². The van der Waals surface area contributed by atoms with E-state index in [9.17, 15) is 9.59 Å². The molecule has 194 valence electrons. The highest BCUT2D eigenvalue weighted by Crippen LogP contribution is 2.18. The Bertz CT molecular complexity index is 1280. The van der Waals surface area contributed by atoms with E-state index in [0.29, 0.717) is 37.4 Å². The highest BCUT2D eigenvalue weighted by Gasteiger charge is 2.30. The summed E-state index contributed by atoms with van der Waals surface area (Å²) in [5, 5.41) is 3.74. The van der Waals surface area contributed by atoms with Gasteiger partial charge in [0.25, 0.3) is 0 Å². The zero-order chi connectivity index (χ0) is 26.6. The van der Waals surface area contributed by atoms with Gasteiger partial charge < -0.3 is 10.2 Å². The molecule has 0 heterocycles. The molecule has 4 aromatic rings. The maximum atomic E-state index is 13.7. The van der Waals surface area contributed by atoms with E-state index in [-0.39, 0.29) is 11.8 Å². The van der Waals surface area contributed by atoms with E-state index in [1.54, 1.807) is 4.90 Å². The number of benzene rings is 4. The predicted octanol–water partition coefficient (Wildman–Crippen LogP) is 6.27. The van der Waals surface area contributed by atoms with Crippen molar-refractivity contribution in [2.45, 2.75) is 38.3 Å². The Balaban J connectivity index is 1.56. The molecule has 0 spiro atoms. The number of halogens is 1. The summed E-state index contributed by atoms with van der Waals surface area (Å²) in [6, 6.07) is 36.7. The maximum Gasteiger partial charge on any atom is 0.243 e. The summed E-state index contributed by atoms with van der Waals surface area (Å²) in [4.78, 5) is 29.1. The molecule has 1 N–H and O–H groups in total. The molecule has 0 aliphatic heterocycles. The third-order valence-electron chi connectivity index (χ3n) is 6.56. The van der Waals surface area contributed by atoms with Gasteiger partial charge in [-0.2, -0.15) is 0 Å². The molecule has 0 saturated carbocycles. The molecule has 0 aliphatic rings. The first-order chi connectivity index (χ1) is 18.6. The molecule has 0 saturated heterocycles. The molecule has 1 atom stereocenters. The number of amides is 2. The fraction of sp³-hybridized carbons (Fsp3) is 0.212. The van der Waals surface area contributed by atoms with E-state index in [1.165, 1.54) is 0 Å². The Labute approximate surface area is 230 Å². The van der Waals surface area contributed by atoms with Crippen molar-refractivity contribution >= 4 is 23.4 Å². The van der Waals surface area contributed by atoms with Crippen LogP contribution in [0, 0.1) is 0 Å². The van der Waals surface area contributed by atoms with Crippen molar-refractivity contribution in [3.63, 3.8) is 0 Å². The Kier molecular flexibility index (Phi) is 10.1. The summed E-state index contributed by atoms with van der Waals surface area (Å²) in [5.41, 5.74) is 4.19. The minimum absolute atomic E-state index is 0.0528. The summed E-state index contributed by atoms with van der Waals surface area (Å²) >= 11 is 6.11. The number of carbonyl (C=O) groups is 2. The van der Waals surface area contributed by atoms with E-state index in [1.807, 2.05) is 115 Å². The molecule has 0 aliphatic carbocycles. The minimum atomic E-state index is -0.646. The Morgan fingerprint density at radius 1 is 0.658 bits per heavy atom. The first kappa shape index (κ1) is 27.2. The van der Waals surface area contributed by atoms with Crippen LogP contribution in [0.3, 0.4) is 0 Å². The lowest BCUT2D eigenvalue weighted by Crippen LogP contribution is -2.50. The van der Waals surface area contributed by atoms with Crippen LogP contribution in [0.1, 0.15) is 28.7 Å². The van der Waals surface area contributed by atoms with E-state index < -0.39 is 6.04 Å². The molecular formula is C33H33ClN2O2. The second kappa shape index (κ2) is 14.2. The third-order valence-corrected chi connectivity index (χ3v) is 6.82. The molecule has 4 nitrogen and oxygen atoms in total. The fourth-order valence-corrected chi connectivity index (χ4v) is 4.60. The van der Waals surface area contributed by atoms with Crippen LogP contribution in [0.4, 0.5) is 0 Å². The van der Waals surface area contributed by atoms with Gasteiger partial charge in [0, 0.05) is 31.0 Å². The number of nitrogens with one attached hydrogen (secondary N) is 1. The molecule has 0 bridgehead atoms. The molecular weight excluding hydrogens is 492 g/mol. The highest BCUT2D eigenvalue weighted by molar-refractivity contribution is 6.30. The van der Waals surface area contributed by atoms with Gasteiger partial charge in [0.05, 0.1) is 0 Å². The third kappa shape index (κ3) is 8.32. The smallest absolute Gasteiger partial charge is 0.243 e. The molecule has 38 heavy (non-hydrogen) atoms. The van der Waals surface area contributed by atoms with Crippen LogP contribution in [-0.4, -0.2) is 29.3 Å². The number of hydrogen-bond donors (Lipinski definition) is 1. The lowest BCUT2D eigenvalue weighted by molar-refractivity contribution is -0.141. The van der Waals surface area contributed by atoms with Crippen molar-refractivity contribution in [3.8, 4) is 0 Å². The van der Waals surface area contributed by atoms with Crippen LogP contribution in [0.15, 0.2) is 115 Å². The van der Waals surface area contributed by atoms with Gasteiger partial charge in [0.1, 0.15) is 6.04 Å². The number of rotatable bonds is 12. The van der Waals surface area contributed by atoms with Crippen LogP contribution >= 0.6 is 11.6 Å². The van der Waals surface area contributed by atoms with Gasteiger partial charge >= 0.3 is 0 Å². The van der Waals surface area contributed by atoms with Crippen LogP contribution in [0.25, 0.3) is 0 Å². The van der Waals surface area contributed by atoms with E-state index in [0.717, 1.165) is 28.7 Å². The van der Waals surface area contributed by atoms with Crippen molar-refractivity contribution < 1.29 is 9.59 Å². The topological polar surface area (TPSA) is 49.4 Å². The second-order valence-electron chi connectivity index (χ2n) is 9.37. The summed E-state index contributed by atoms with van der Waals surface area (Å²) < 4.78 is 0. The minimum Gasteiger partial charge on any atom is -0.354 e. The van der Waals surface area contributed by atoms with Gasteiger partial charge in [-0.15, -0.1) is 0 Å². The van der Waals surface area contributed by atoms with Crippen LogP contribution < -0.4 is 5.32 Å². The van der Waals surface area contributed by atoms with Crippen molar-refractivity contribution in [1.82, 2.24) is 10.2 Å². The average Bonchev–Trinajstić information content (AvgIpc) is 2.96. The highest BCUT2D eigenvalue weighted by atomic mass is 35.5. The molecule has 0 fully saturated rings. The molecule has 2 amide bonds. The molecule has 4 aromatic carbocycles. The van der Waals surface area contributed by atoms with E-state index in [4.69, 9.17) is 11.6 Å². The Hall–Kier alpha value is -3.89. The second-order valence-corrected chi connectivity index (χ2v) is 9.80. The lowest BCUT2D eigenvalue weighted by atomic mass is 10.0. The Morgan fingerprint density at radius 3 is 1.76 bits per heavy atom. The zero-order valence-corrected chi connectivity index (χ0v) is 22.2. The quantitative estimate of drug-likeness (QED) is 0.237. The maximum absolute atomic E-state index is 13.7. The van der Waals surface area contributed by atoms with Crippen LogP contribution in [0.5, 0.6) is 0 Å². The normalized spacial score (nSPS) is 11.5. The van der Waals surface area contributed by atoms with Crippen molar-refractivity contribution in [3.05, 3.63) is 143 Å². The molecule has 4 rings (SSSR count). The molecule has 0 unspecified atom stereocenters. The first-order valence-electron chi connectivity index (χ1n) is 13.0. The van der Waals surface area contributed by atoms with Crippen LogP contribution in [0.2, 0.25) is 5.02 Å². The summed E-state index contributed by atoms with van der Waals surface area (Å²) in [5.74, 6) is -0.199. The van der Waals surface area contributed by atoms with Crippen LogP contribution in [-0.2, 0) is 35.4 Å². The number of hydrogen-bond acceptors (Lipinski definition) is 2. The number of aryl methyl sites for hydroxylation is 1. The van der Waals surface area contributed by atoms with Gasteiger partial charge in [-0.25, -0.2) is 0 Å². The fourth-order valence-electron chi connectivity index (χ4n) is 4.47. The number of nitrogens with zero attached hydrogens (tertiary/aromatic N) is 1. The summed E-state index contributed by atoms with van der Waals surface area (Å²) in [6.45, 7) is 0.829. The predicted molar refractivity (Wildman–Crippen MR) is 154 cm³/mol. The molecule has 0 radical (unpaired) electrons. The van der Waals surface area contributed by atoms with Crippen molar-refractivity contribution in [2.75, 3.05) is 6.54 Å². The van der Waals surface area contributed by atoms with E-state index in [2.05, 4.69) is 5.32 Å². The molecule has 0 aromatic heterocycles. The summed E-state index contributed by atoms with van der Waals surface area (Å²) in [6.07, 6.45) is 2.09. The van der Waals surface area contributed by atoms with Gasteiger partial charge in [-0.1, -0.05) is 115 Å². The first-order valence-corrected chi connectivity index (χ1v) is 13.4. The van der Waals surface area contributed by atoms with Gasteiger partial charge in [0.15, 0.2) is 0 Å². The lowest BCUT2D eigenvalue weighted by Gasteiger charge is -2.32. The standard InChI is InChI=1S/C33H33ClN2O2/c34-30-19-16-29(17-20-30)25-36(32(37)21-18-26-10-4-1-5-11-26)31(24-28-14-8-3-9-15-28)33(38)35-23-22-27-12-6-2-7-13-27/h1-17,19-20,31H,18,21-25H2,(H,35,38)/t31-/m1/s1. The molecule has 5 heteroatoms. The van der Waals surface area contributed by atoms with Crippen molar-refractivity contribution in [1.29, 1.82) is 0 Å². The monoisotopic (exact) mass is 524 g/mol. The number of carbonyl (C=O) groups excluding carboxylic acids is 2. The largest absolute Gasteiger partial charge is 0.354 e. The SMILES string of the molecule is O=C(NCCc1ccccc1)[C@@H](Cc1ccccc1)N(Cc1ccc(Cl)cc1)C(=O)CCc1ccccc1. The van der Waals surface area contributed by atoms with Gasteiger partial charge in [-0.3, -0.25) is 9.59 Å². The Morgan fingerprint density at radius 2 is 1.18 bits per heavy atom. The van der Waals surface area contributed by atoms with E-state index >= 15 is 0 Å². The summed E-state index contributed by atoms with van der Waals surface area (Å²) in [7, 11) is 0. The average molecular weight is 525 g/mol. The van der Waals surface area contributed by atoms with Gasteiger partial charge in [0.2, 0.25) is 11.8 Å². The van der Waals surface area contributed by atoms with Crippen molar-refractivity contribution in [2.24, 2.45) is 0 Å².